The van der Waals surface area contributed by atoms with Gasteiger partial charge in [-0.15, -0.1) is 0 Å². The fourth-order valence-electron chi connectivity index (χ4n) is 2.09. The van der Waals surface area contributed by atoms with Gasteiger partial charge in [0.1, 0.15) is 18.0 Å². The molecule has 3 rings (SSSR count). The summed E-state index contributed by atoms with van der Waals surface area (Å²) in [5.74, 6) is 1.37. The monoisotopic (exact) mass is 176 g/mol. The zero-order valence-corrected chi connectivity index (χ0v) is 7.36. The van der Waals surface area contributed by atoms with E-state index in [0.717, 1.165) is 18.6 Å². The van der Waals surface area contributed by atoms with E-state index in [1.807, 2.05) is 18.2 Å². The molecule has 2 aliphatic rings. The number of hydrogen-bond donors (Lipinski definition) is 1. The van der Waals surface area contributed by atoms with Crippen molar-refractivity contribution in [2.45, 2.75) is 18.4 Å². The lowest BCUT2D eigenvalue weighted by molar-refractivity contribution is 0.0760. The van der Waals surface area contributed by atoms with Crippen molar-refractivity contribution >= 4 is 0 Å². The van der Waals surface area contributed by atoms with Crippen LogP contribution in [0.1, 0.15) is 12.0 Å². The van der Waals surface area contributed by atoms with Crippen LogP contribution in [0.15, 0.2) is 24.3 Å². The third-order valence-electron chi connectivity index (χ3n) is 3.12. The Kier molecular flexibility index (Phi) is 1.29. The third-order valence-corrected chi connectivity index (χ3v) is 3.12. The molecular weight excluding hydrogens is 164 g/mol. The minimum atomic E-state index is -0.515. The van der Waals surface area contributed by atoms with Crippen molar-refractivity contribution < 1.29 is 9.84 Å². The molecule has 1 aromatic rings. The summed E-state index contributed by atoms with van der Waals surface area (Å²) in [6, 6.07) is 8.05. The van der Waals surface area contributed by atoms with Gasteiger partial charge in [-0.3, -0.25) is 0 Å². The van der Waals surface area contributed by atoms with Crippen molar-refractivity contribution in [2.24, 2.45) is 5.92 Å². The molecule has 1 fully saturated rings. The van der Waals surface area contributed by atoms with Crippen LogP contribution in [0.2, 0.25) is 0 Å². The van der Waals surface area contributed by atoms with E-state index in [1.165, 1.54) is 5.56 Å². The van der Waals surface area contributed by atoms with E-state index < -0.39 is 5.60 Å². The van der Waals surface area contributed by atoms with Gasteiger partial charge in [0, 0.05) is 0 Å². The summed E-state index contributed by atoms with van der Waals surface area (Å²) in [6.07, 6.45) is 1.87. The van der Waals surface area contributed by atoms with Crippen LogP contribution in [-0.2, 0) is 6.42 Å². The highest BCUT2D eigenvalue weighted by Gasteiger charge is 2.54. The minimum Gasteiger partial charge on any atom is -0.490 e. The number of rotatable bonds is 0. The molecule has 0 amide bonds. The van der Waals surface area contributed by atoms with Gasteiger partial charge < -0.3 is 9.84 Å². The number of benzene rings is 1. The summed E-state index contributed by atoms with van der Waals surface area (Å²) in [6.45, 7) is 0.467. The normalized spacial score (nSPS) is 35.3. The van der Waals surface area contributed by atoms with Gasteiger partial charge in [-0.25, -0.2) is 0 Å². The zero-order valence-electron chi connectivity index (χ0n) is 7.36. The predicted molar refractivity (Wildman–Crippen MR) is 48.7 cm³/mol. The van der Waals surface area contributed by atoms with Gasteiger partial charge in [-0.2, -0.15) is 0 Å². The lowest BCUT2D eigenvalue weighted by Gasteiger charge is -2.09. The number of aliphatic hydroxyl groups is 1. The quantitative estimate of drug-likeness (QED) is 0.647. The molecule has 0 aromatic heterocycles. The van der Waals surface area contributed by atoms with Crippen LogP contribution in [-0.4, -0.2) is 17.3 Å². The van der Waals surface area contributed by atoms with E-state index in [-0.39, 0.29) is 0 Å². The Morgan fingerprint density at radius 3 is 3.15 bits per heavy atom. The fourth-order valence-corrected chi connectivity index (χ4v) is 2.09. The van der Waals surface area contributed by atoms with Crippen molar-refractivity contribution in [3.63, 3.8) is 0 Å². The smallest absolute Gasteiger partial charge is 0.122 e. The highest BCUT2D eigenvalue weighted by molar-refractivity contribution is 5.36. The molecule has 2 atom stereocenters. The van der Waals surface area contributed by atoms with Gasteiger partial charge in [0.2, 0.25) is 0 Å². The summed E-state index contributed by atoms with van der Waals surface area (Å²) in [5, 5.41) is 9.88. The molecule has 0 saturated heterocycles. The van der Waals surface area contributed by atoms with Crippen LogP contribution in [0.4, 0.5) is 0 Å². The van der Waals surface area contributed by atoms with E-state index in [4.69, 9.17) is 4.74 Å². The van der Waals surface area contributed by atoms with Gasteiger partial charge in [0.05, 0.1) is 0 Å². The van der Waals surface area contributed by atoms with Gasteiger partial charge in [-0.1, -0.05) is 18.2 Å². The molecule has 1 aliphatic heterocycles. The van der Waals surface area contributed by atoms with Crippen molar-refractivity contribution in [3.05, 3.63) is 29.8 Å². The Morgan fingerprint density at radius 2 is 2.23 bits per heavy atom. The molecule has 0 bridgehead atoms. The van der Waals surface area contributed by atoms with E-state index in [9.17, 15) is 5.11 Å². The highest BCUT2D eigenvalue weighted by atomic mass is 16.5. The average Bonchev–Trinajstić information content (AvgIpc) is 2.76. The first kappa shape index (κ1) is 7.39. The second kappa shape index (κ2) is 2.26. The largest absolute Gasteiger partial charge is 0.490 e. The first-order valence-electron chi connectivity index (χ1n) is 4.71. The standard InChI is InChI=1S/C11H12O2/c12-11-6-9(11)5-8-3-1-2-4-10(8)13-7-11/h1-4,9,12H,5-7H2. The maximum atomic E-state index is 9.88. The Morgan fingerprint density at radius 1 is 1.38 bits per heavy atom. The summed E-state index contributed by atoms with van der Waals surface area (Å²) in [4.78, 5) is 0. The Bertz CT molecular complexity index is 348. The molecule has 1 aromatic carbocycles. The van der Waals surface area contributed by atoms with Gasteiger partial charge in [-0.05, 0) is 30.4 Å². The van der Waals surface area contributed by atoms with Crippen LogP contribution < -0.4 is 4.74 Å². The molecule has 1 aliphatic carbocycles. The molecule has 1 saturated carbocycles. The molecular formula is C11H12O2. The minimum absolute atomic E-state index is 0.427. The first-order valence-corrected chi connectivity index (χ1v) is 4.71. The van der Waals surface area contributed by atoms with Crippen molar-refractivity contribution in [2.75, 3.05) is 6.61 Å². The fraction of sp³-hybridized carbons (Fsp3) is 0.455. The van der Waals surface area contributed by atoms with Crippen LogP contribution in [0.5, 0.6) is 5.75 Å². The van der Waals surface area contributed by atoms with Gasteiger partial charge in [0.15, 0.2) is 0 Å². The first-order chi connectivity index (χ1) is 6.28. The topological polar surface area (TPSA) is 29.5 Å². The van der Waals surface area contributed by atoms with Crippen molar-refractivity contribution in [1.82, 2.24) is 0 Å². The zero-order chi connectivity index (χ0) is 8.89. The number of hydrogen-bond acceptors (Lipinski definition) is 2. The SMILES string of the molecule is OC12COc3ccccc3CC1C2. The van der Waals surface area contributed by atoms with Crippen molar-refractivity contribution in [3.8, 4) is 5.75 Å². The maximum Gasteiger partial charge on any atom is 0.122 e. The van der Waals surface area contributed by atoms with E-state index in [0.29, 0.717) is 12.5 Å². The lowest BCUT2D eigenvalue weighted by Crippen LogP contribution is -2.20. The second-order valence-electron chi connectivity index (χ2n) is 4.11. The Balaban J connectivity index is 1.98. The molecule has 2 unspecified atom stereocenters. The average molecular weight is 176 g/mol. The van der Waals surface area contributed by atoms with Gasteiger partial charge >= 0.3 is 0 Å². The van der Waals surface area contributed by atoms with Crippen LogP contribution in [0.3, 0.4) is 0 Å². The van der Waals surface area contributed by atoms with E-state index >= 15 is 0 Å². The van der Waals surface area contributed by atoms with Crippen molar-refractivity contribution in [1.29, 1.82) is 0 Å². The molecule has 1 N–H and O–H groups in total. The third kappa shape index (κ3) is 1.05. The van der Waals surface area contributed by atoms with E-state index in [2.05, 4.69) is 6.07 Å². The van der Waals surface area contributed by atoms with E-state index in [1.54, 1.807) is 0 Å². The second-order valence-corrected chi connectivity index (χ2v) is 4.11. The molecule has 0 radical (unpaired) electrons. The summed E-state index contributed by atoms with van der Waals surface area (Å²) in [5.41, 5.74) is 0.722. The highest BCUT2D eigenvalue weighted by Crippen LogP contribution is 2.48. The number of fused-ring (bicyclic) bond motifs is 2. The van der Waals surface area contributed by atoms with Crippen LogP contribution in [0.25, 0.3) is 0 Å². The Hall–Kier alpha value is -1.02. The van der Waals surface area contributed by atoms with Gasteiger partial charge in [0.25, 0.3) is 0 Å². The Labute approximate surface area is 77.2 Å². The number of ether oxygens (including phenoxy) is 1. The maximum absolute atomic E-state index is 9.88. The summed E-state index contributed by atoms with van der Waals surface area (Å²) < 4.78 is 5.56. The molecule has 0 spiro atoms. The molecule has 2 heteroatoms. The van der Waals surface area contributed by atoms with Crippen LogP contribution in [0, 0.1) is 5.92 Å². The summed E-state index contributed by atoms with van der Waals surface area (Å²) in [7, 11) is 0. The van der Waals surface area contributed by atoms with Crippen LogP contribution >= 0.6 is 0 Å². The predicted octanol–water partition coefficient (Wildman–Crippen LogP) is 1.37. The molecule has 2 nitrogen and oxygen atoms in total. The lowest BCUT2D eigenvalue weighted by atomic mass is 10.1. The molecule has 1 heterocycles. The molecule has 68 valence electrons. The summed E-state index contributed by atoms with van der Waals surface area (Å²) >= 11 is 0. The number of para-hydroxylation sites is 1. The molecule has 13 heavy (non-hydrogen) atoms.